The van der Waals surface area contributed by atoms with Crippen molar-refractivity contribution in [1.82, 2.24) is 5.32 Å². The summed E-state index contributed by atoms with van der Waals surface area (Å²) in [7, 11) is 0. The van der Waals surface area contributed by atoms with Gasteiger partial charge in [0.05, 0.1) is 11.6 Å². The second-order valence-corrected chi connectivity index (χ2v) is 4.90. The molecule has 20 heavy (non-hydrogen) atoms. The minimum absolute atomic E-state index is 0.238. The first-order valence-corrected chi connectivity index (χ1v) is 6.90. The maximum Gasteiger partial charge on any atom is 0.119 e. The normalized spacial score (nSPS) is 17.4. The highest BCUT2D eigenvalue weighted by Crippen LogP contribution is 2.12. The third-order valence-corrected chi connectivity index (χ3v) is 3.29. The minimum Gasteiger partial charge on any atom is -0.491 e. The second-order valence-electron chi connectivity index (χ2n) is 4.90. The number of ether oxygens (including phenoxy) is 2. The zero-order valence-electron chi connectivity index (χ0n) is 11.4. The van der Waals surface area contributed by atoms with Gasteiger partial charge < -0.3 is 19.9 Å². The summed E-state index contributed by atoms with van der Waals surface area (Å²) in [5, 5.41) is 21.9. The summed E-state index contributed by atoms with van der Waals surface area (Å²) in [6, 6.07) is 9.33. The molecule has 1 atom stereocenters. The number of aliphatic hydroxyl groups excluding tert-OH is 1. The van der Waals surface area contributed by atoms with Gasteiger partial charge in [-0.3, -0.25) is 0 Å². The highest BCUT2D eigenvalue weighted by molar-refractivity contribution is 5.34. The Hall–Kier alpha value is -1.61. The minimum atomic E-state index is -0.548. The van der Waals surface area contributed by atoms with Gasteiger partial charge in [-0.1, -0.05) is 0 Å². The highest BCUT2D eigenvalue weighted by Gasteiger charge is 2.14. The molecule has 0 radical (unpaired) electrons. The van der Waals surface area contributed by atoms with Crippen LogP contribution in [0.4, 0.5) is 0 Å². The van der Waals surface area contributed by atoms with E-state index in [1.165, 1.54) is 0 Å². The Bertz CT molecular complexity index is 435. The van der Waals surface area contributed by atoms with Crippen molar-refractivity contribution in [2.24, 2.45) is 0 Å². The van der Waals surface area contributed by atoms with Crippen LogP contribution in [0.5, 0.6) is 5.75 Å². The van der Waals surface area contributed by atoms with E-state index < -0.39 is 6.10 Å². The molecular formula is C15H20N2O3. The Morgan fingerprint density at radius 2 is 2.05 bits per heavy atom. The van der Waals surface area contributed by atoms with Gasteiger partial charge in [0, 0.05) is 25.8 Å². The van der Waals surface area contributed by atoms with Crippen LogP contribution < -0.4 is 10.1 Å². The van der Waals surface area contributed by atoms with Crippen LogP contribution in [0.25, 0.3) is 0 Å². The molecule has 1 fully saturated rings. The van der Waals surface area contributed by atoms with Gasteiger partial charge in [0.15, 0.2) is 0 Å². The van der Waals surface area contributed by atoms with Crippen molar-refractivity contribution in [2.75, 3.05) is 26.4 Å². The molecule has 5 heteroatoms. The van der Waals surface area contributed by atoms with Crippen molar-refractivity contribution in [3.05, 3.63) is 29.8 Å². The van der Waals surface area contributed by atoms with E-state index in [-0.39, 0.29) is 6.61 Å². The van der Waals surface area contributed by atoms with Gasteiger partial charge in [0.25, 0.3) is 0 Å². The molecule has 1 aliphatic heterocycles. The lowest BCUT2D eigenvalue weighted by Crippen LogP contribution is -2.40. The Kier molecular flexibility index (Phi) is 5.81. The third-order valence-electron chi connectivity index (χ3n) is 3.29. The van der Waals surface area contributed by atoms with E-state index in [1.54, 1.807) is 24.3 Å². The van der Waals surface area contributed by atoms with E-state index in [4.69, 9.17) is 14.7 Å². The number of rotatable bonds is 6. The Morgan fingerprint density at radius 3 is 2.70 bits per heavy atom. The molecule has 1 unspecified atom stereocenters. The molecule has 0 saturated carbocycles. The first kappa shape index (κ1) is 14.8. The molecule has 5 nitrogen and oxygen atoms in total. The summed E-state index contributed by atoms with van der Waals surface area (Å²) >= 11 is 0. The fourth-order valence-corrected chi connectivity index (χ4v) is 2.08. The molecule has 0 bridgehead atoms. The maximum atomic E-state index is 9.87. The van der Waals surface area contributed by atoms with E-state index in [2.05, 4.69) is 11.4 Å². The standard InChI is InChI=1S/C15H20N2O3/c16-9-12-1-3-15(4-2-12)20-11-14(18)10-17-13-5-7-19-8-6-13/h1-4,13-14,17-18H,5-8,10-11H2. The van der Waals surface area contributed by atoms with E-state index in [9.17, 15) is 5.11 Å². The van der Waals surface area contributed by atoms with E-state index >= 15 is 0 Å². The molecule has 0 spiro atoms. The molecular weight excluding hydrogens is 256 g/mol. The highest BCUT2D eigenvalue weighted by atomic mass is 16.5. The number of hydrogen-bond donors (Lipinski definition) is 2. The molecule has 1 aromatic carbocycles. The molecule has 0 aromatic heterocycles. The van der Waals surface area contributed by atoms with Crippen LogP contribution in [0.1, 0.15) is 18.4 Å². The predicted molar refractivity (Wildman–Crippen MR) is 74.5 cm³/mol. The van der Waals surface area contributed by atoms with Crippen molar-refractivity contribution in [1.29, 1.82) is 5.26 Å². The topological polar surface area (TPSA) is 74.5 Å². The molecule has 108 valence electrons. The molecule has 1 saturated heterocycles. The first-order chi connectivity index (χ1) is 9.78. The van der Waals surface area contributed by atoms with Gasteiger partial charge in [-0.05, 0) is 37.1 Å². The third kappa shape index (κ3) is 4.82. The largest absolute Gasteiger partial charge is 0.491 e. The lowest BCUT2D eigenvalue weighted by molar-refractivity contribution is 0.0655. The number of benzene rings is 1. The van der Waals surface area contributed by atoms with Crippen LogP contribution in [-0.2, 0) is 4.74 Å². The number of hydrogen-bond acceptors (Lipinski definition) is 5. The monoisotopic (exact) mass is 276 g/mol. The summed E-state index contributed by atoms with van der Waals surface area (Å²) in [6.07, 6.45) is 1.43. The zero-order valence-corrected chi connectivity index (χ0v) is 11.4. The van der Waals surface area contributed by atoms with E-state index in [0.29, 0.717) is 23.9 Å². The van der Waals surface area contributed by atoms with Crippen molar-refractivity contribution in [3.63, 3.8) is 0 Å². The van der Waals surface area contributed by atoms with Gasteiger partial charge in [0.2, 0.25) is 0 Å². The molecule has 2 rings (SSSR count). The lowest BCUT2D eigenvalue weighted by Gasteiger charge is -2.24. The summed E-state index contributed by atoms with van der Waals surface area (Å²) < 4.78 is 10.8. The fourth-order valence-electron chi connectivity index (χ4n) is 2.08. The van der Waals surface area contributed by atoms with Crippen molar-refractivity contribution < 1.29 is 14.6 Å². The van der Waals surface area contributed by atoms with Crippen LogP contribution in [0.15, 0.2) is 24.3 Å². The van der Waals surface area contributed by atoms with Crippen molar-refractivity contribution in [2.45, 2.75) is 25.0 Å². The second kappa shape index (κ2) is 7.85. The van der Waals surface area contributed by atoms with Gasteiger partial charge >= 0.3 is 0 Å². The van der Waals surface area contributed by atoms with Crippen LogP contribution in [0.2, 0.25) is 0 Å². The van der Waals surface area contributed by atoms with Crippen molar-refractivity contribution in [3.8, 4) is 11.8 Å². The van der Waals surface area contributed by atoms with Gasteiger partial charge in [-0.15, -0.1) is 0 Å². The number of nitrogens with one attached hydrogen (secondary N) is 1. The predicted octanol–water partition coefficient (Wildman–Crippen LogP) is 1.07. The number of aliphatic hydroxyl groups is 1. The zero-order chi connectivity index (χ0) is 14.2. The lowest BCUT2D eigenvalue weighted by atomic mass is 10.1. The summed E-state index contributed by atoms with van der Waals surface area (Å²) in [5.41, 5.74) is 0.596. The maximum absolute atomic E-state index is 9.87. The number of nitriles is 1. The van der Waals surface area contributed by atoms with Crippen molar-refractivity contribution >= 4 is 0 Å². The van der Waals surface area contributed by atoms with Crippen LogP contribution >= 0.6 is 0 Å². The van der Waals surface area contributed by atoms with Crippen LogP contribution in [-0.4, -0.2) is 43.6 Å². The number of nitrogens with zero attached hydrogens (tertiary/aromatic N) is 1. The van der Waals surface area contributed by atoms with Gasteiger partial charge in [-0.25, -0.2) is 0 Å². The Balaban J connectivity index is 1.66. The van der Waals surface area contributed by atoms with E-state index in [0.717, 1.165) is 26.1 Å². The van der Waals surface area contributed by atoms with E-state index in [1.807, 2.05) is 0 Å². The summed E-state index contributed by atoms with van der Waals surface area (Å²) in [6.45, 7) is 2.33. The van der Waals surface area contributed by atoms with Gasteiger partial charge in [-0.2, -0.15) is 5.26 Å². The average molecular weight is 276 g/mol. The summed E-state index contributed by atoms with van der Waals surface area (Å²) in [4.78, 5) is 0. The molecule has 0 amide bonds. The van der Waals surface area contributed by atoms with Crippen LogP contribution in [0.3, 0.4) is 0 Å². The van der Waals surface area contributed by atoms with Crippen LogP contribution in [0, 0.1) is 11.3 Å². The molecule has 1 heterocycles. The molecule has 1 aromatic rings. The fraction of sp³-hybridized carbons (Fsp3) is 0.533. The average Bonchev–Trinajstić information content (AvgIpc) is 2.52. The Morgan fingerprint density at radius 1 is 1.35 bits per heavy atom. The molecule has 1 aliphatic rings. The smallest absolute Gasteiger partial charge is 0.119 e. The first-order valence-electron chi connectivity index (χ1n) is 6.90. The SMILES string of the molecule is N#Cc1ccc(OCC(O)CNC2CCOCC2)cc1. The summed E-state index contributed by atoms with van der Waals surface area (Å²) in [5.74, 6) is 0.661. The quantitative estimate of drug-likeness (QED) is 0.813. The Labute approximate surface area is 119 Å². The molecule has 0 aliphatic carbocycles. The molecule has 2 N–H and O–H groups in total. The van der Waals surface area contributed by atoms with Gasteiger partial charge in [0.1, 0.15) is 18.5 Å².